The lowest BCUT2D eigenvalue weighted by atomic mass is 10.8. The summed E-state index contributed by atoms with van der Waals surface area (Å²) in [6.07, 6.45) is 1.42. The normalized spacial score (nSPS) is 9.40. The van der Waals surface area contributed by atoms with E-state index >= 15 is 0 Å². The molecule has 0 saturated heterocycles. The Morgan fingerprint density at radius 3 is 3.00 bits per heavy atom. The van der Waals surface area contributed by atoms with E-state index in [1.54, 1.807) is 0 Å². The average molecular weight is 158 g/mol. The van der Waals surface area contributed by atoms with Crippen molar-refractivity contribution in [1.29, 1.82) is 0 Å². The Kier molecular flexibility index (Phi) is 1.91. The van der Waals surface area contributed by atoms with E-state index in [0.717, 1.165) is 4.68 Å². The molecule has 0 radical (unpaired) electrons. The molecule has 10 heavy (non-hydrogen) atoms. The molecule has 0 aliphatic heterocycles. The maximum atomic E-state index is 10.7. The van der Waals surface area contributed by atoms with Gasteiger partial charge in [0.2, 0.25) is 0 Å². The molecular formula is C4H6N4OS. The summed E-state index contributed by atoms with van der Waals surface area (Å²) in [6.45, 7) is 0. The van der Waals surface area contributed by atoms with Gasteiger partial charge in [0.15, 0.2) is 0 Å². The highest BCUT2D eigenvalue weighted by atomic mass is 32.1. The summed E-state index contributed by atoms with van der Waals surface area (Å²) in [7, 11) is 1.52. The predicted octanol–water partition coefficient (Wildman–Crippen LogP) is -0.246. The summed E-state index contributed by atoms with van der Waals surface area (Å²) in [6, 6.07) is -0.326. The first kappa shape index (κ1) is 7.07. The topological polar surface area (TPSA) is 59.8 Å². The number of nitrogens with one attached hydrogen (secondary N) is 1. The van der Waals surface area contributed by atoms with Crippen LogP contribution in [0.5, 0.6) is 0 Å². The van der Waals surface area contributed by atoms with Gasteiger partial charge >= 0.3 is 6.03 Å². The van der Waals surface area contributed by atoms with Gasteiger partial charge in [0.05, 0.1) is 6.20 Å². The lowest BCUT2D eigenvalue weighted by Gasteiger charge is -1.93. The number of hydrogen-bond acceptors (Lipinski definition) is 4. The Balaban J connectivity index is 2.85. The summed E-state index contributed by atoms with van der Waals surface area (Å²) in [4.78, 5) is 10.7. The van der Waals surface area contributed by atoms with Crippen molar-refractivity contribution in [1.82, 2.24) is 20.3 Å². The number of thiol groups is 1. The molecule has 0 atom stereocenters. The van der Waals surface area contributed by atoms with E-state index in [1.165, 1.54) is 13.2 Å². The Morgan fingerprint density at radius 2 is 2.60 bits per heavy atom. The van der Waals surface area contributed by atoms with E-state index in [-0.39, 0.29) is 6.03 Å². The minimum absolute atomic E-state index is 0.326. The van der Waals surface area contributed by atoms with Crippen molar-refractivity contribution in [3.8, 4) is 0 Å². The summed E-state index contributed by atoms with van der Waals surface area (Å²) in [5, 5.41) is 9.77. The SMILES string of the molecule is CNC(=O)n1cc(S)nn1. The van der Waals surface area contributed by atoms with Gasteiger partial charge in [-0.1, -0.05) is 5.21 Å². The van der Waals surface area contributed by atoms with E-state index in [0.29, 0.717) is 5.03 Å². The van der Waals surface area contributed by atoms with Crippen molar-refractivity contribution < 1.29 is 4.79 Å². The van der Waals surface area contributed by atoms with Crippen LogP contribution in [0.3, 0.4) is 0 Å². The van der Waals surface area contributed by atoms with Crippen LogP contribution in [0.25, 0.3) is 0 Å². The van der Waals surface area contributed by atoms with Crippen LogP contribution in [0.15, 0.2) is 11.2 Å². The molecule has 1 amide bonds. The molecule has 0 spiro atoms. The quantitative estimate of drug-likeness (QED) is 0.512. The minimum Gasteiger partial charge on any atom is -0.339 e. The standard InChI is InChI=1S/C4H6N4OS/c1-5-4(9)8-2-3(10)6-7-8/h2,10H,1H3,(H,5,9). The molecule has 1 aromatic heterocycles. The minimum atomic E-state index is -0.326. The fourth-order valence-corrected chi connectivity index (χ4v) is 0.618. The predicted molar refractivity (Wildman–Crippen MR) is 37.1 cm³/mol. The zero-order valence-electron chi connectivity index (χ0n) is 5.27. The van der Waals surface area contributed by atoms with E-state index in [9.17, 15) is 4.79 Å². The van der Waals surface area contributed by atoms with Gasteiger partial charge in [-0.25, -0.2) is 4.79 Å². The Morgan fingerprint density at radius 1 is 1.90 bits per heavy atom. The second-order valence-electron chi connectivity index (χ2n) is 1.58. The van der Waals surface area contributed by atoms with Gasteiger partial charge < -0.3 is 5.32 Å². The van der Waals surface area contributed by atoms with Gasteiger partial charge in [0.1, 0.15) is 5.03 Å². The van der Waals surface area contributed by atoms with Crippen LogP contribution < -0.4 is 5.32 Å². The molecule has 1 N–H and O–H groups in total. The zero-order valence-corrected chi connectivity index (χ0v) is 6.17. The van der Waals surface area contributed by atoms with Gasteiger partial charge in [-0.2, -0.15) is 4.68 Å². The van der Waals surface area contributed by atoms with E-state index in [4.69, 9.17) is 0 Å². The molecule has 0 aliphatic rings. The van der Waals surface area contributed by atoms with Crippen LogP contribution >= 0.6 is 12.6 Å². The third-order valence-electron chi connectivity index (χ3n) is 0.903. The number of hydrogen-bond donors (Lipinski definition) is 2. The Hall–Kier alpha value is -1.04. The number of carbonyl (C=O) groups is 1. The molecule has 1 heterocycles. The molecule has 0 fully saturated rings. The van der Waals surface area contributed by atoms with Crippen LogP contribution in [0, 0.1) is 0 Å². The molecule has 0 saturated carbocycles. The van der Waals surface area contributed by atoms with Crippen LogP contribution in [-0.4, -0.2) is 28.1 Å². The third-order valence-corrected chi connectivity index (χ3v) is 1.11. The number of carbonyl (C=O) groups excluding carboxylic acids is 1. The molecule has 6 heteroatoms. The molecule has 1 aromatic rings. The Labute approximate surface area is 62.8 Å². The van der Waals surface area contributed by atoms with Crippen LogP contribution in [0.1, 0.15) is 0 Å². The first-order valence-electron chi connectivity index (χ1n) is 2.57. The number of amides is 1. The largest absolute Gasteiger partial charge is 0.343 e. The second-order valence-corrected chi connectivity index (χ2v) is 2.03. The van der Waals surface area contributed by atoms with Crippen molar-refractivity contribution in [2.45, 2.75) is 5.03 Å². The molecule has 54 valence electrons. The van der Waals surface area contributed by atoms with Crippen molar-refractivity contribution in [2.24, 2.45) is 0 Å². The first-order chi connectivity index (χ1) is 4.74. The summed E-state index contributed by atoms with van der Waals surface area (Å²) in [5.74, 6) is 0. The van der Waals surface area contributed by atoms with E-state index in [1.807, 2.05) is 0 Å². The molecule has 0 unspecified atom stereocenters. The summed E-state index contributed by atoms with van der Waals surface area (Å²) in [5.41, 5.74) is 0. The molecule has 5 nitrogen and oxygen atoms in total. The fraction of sp³-hybridized carbons (Fsp3) is 0.250. The van der Waals surface area contributed by atoms with Crippen LogP contribution in [0.2, 0.25) is 0 Å². The lowest BCUT2D eigenvalue weighted by molar-refractivity contribution is 0.241. The Bertz CT molecular complexity index is 245. The van der Waals surface area contributed by atoms with Crippen LogP contribution in [0.4, 0.5) is 4.79 Å². The number of aromatic nitrogens is 3. The highest BCUT2D eigenvalue weighted by Gasteiger charge is 2.01. The number of rotatable bonds is 0. The zero-order chi connectivity index (χ0) is 7.56. The third kappa shape index (κ3) is 1.27. The summed E-state index contributed by atoms with van der Waals surface area (Å²) < 4.78 is 1.07. The molecule has 0 bridgehead atoms. The maximum Gasteiger partial charge on any atom is 0.343 e. The van der Waals surface area contributed by atoms with Gasteiger partial charge in [0.25, 0.3) is 0 Å². The van der Waals surface area contributed by atoms with Crippen molar-refractivity contribution >= 4 is 18.7 Å². The van der Waals surface area contributed by atoms with Gasteiger partial charge in [-0.05, 0) is 0 Å². The van der Waals surface area contributed by atoms with Gasteiger partial charge in [0, 0.05) is 7.05 Å². The lowest BCUT2D eigenvalue weighted by Crippen LogP contribution is -2.24. The van der Waals surface area contributed by atoms with E-state index < -0.39 is 0 Å². The van der Waals surface area contributed by atoms with Gasteiger partial charge in [-0.3, -0.25) is 0 Å². The highest BCUT2D eigenvalue weighted by molar-refractivity contribution is 7.80. The molecule has 1 rings (SSSR count). The smallest absolute Gasteiger partial charge is 0.339 e. The average Bonchev–Trinajstić information content (AvgIpc) is 2.34. The molecule has 0 aromatic carbocycles. The van der Waals surface area contributed by atoms with Crippen molar-refractivity contribution in [3.63, 3.8) is 0 Å². The number of nitrogens with zero attached hydrogens (tertiary/aromatic N) is 3. The van der Waals surface area contributed by atoms with Gasteiger partial charge in [-0.15, -0.1) is 17.7 Å². The monoisotopic (exact) mass is 158 g/mol. The second kappa shape index (κ2) is 2.70. The fourth-order valence-electron chi connectivity index (χ4n) is 0.469. The first-order valence-corrected chi connectivity index (χ1v) is 3.02. The maximum absolute atomic E-state index is 10.7. The summed E-state index contributed by atoms with van der Waals surface area (Å²) >= 11 is 3.86. The highest BCUT2D eigenvalue weighted by Crippen LogP contribution is 1.95. The molecule has 0 aliphatic carbocycles. The van der Waals surface area contributed by atoms with Crippen molar-refractivity contribution in [3.05, 3.63) is 6.20 Å². The molecular weight excluding hydrogens is 152 g/mol. The van der Waals surface area contributed by atoms with Crippen LogP contribution in [-0.2, 0) is 0 Å². The van der Waals surface area contributed by atoms with E-state index in [2.05, 4.69) is 28.3 Å². The van der Waals surface area contributed by atoms with Crippen molar-refractivity contribution in [2.75, 3.05) is 7.05 Å².